The molecule has 0 unspecified atom stereocenters. The van der Waals surface area contributed by atoms with Crippen LogP contribution in [0.25, 0.3) is 0 Å². The van der Waals surface area contributed by atoms with Crippen molar-refractivity contribution in [2.45, 2.75) is 62.6 Å². The van der Waals surface area contributed by atoms with E-state index >= 15 is 0 Å². The van der Waals surface area contributed by atoms with E-state index in [1.807, 2.05) is 31.2 Å². The standard InChI is InChI=1S/C28H35N3O7Si/c1-17-26(39(3,4)21-10-8-20(37-2)9-11-21)24(15-25(33)30-13-5-6-19(30)16-32)38-28(17)22-14-18(31(35)36)7-12-23(22)29-27(28)34/h7-12,14,17,19,24,26,32H,5-6,13,15-16H2,1-4H3,(H,29,34)/t17-,19+,24+,26-,28+/m1/s1. The number of nitrogens with zero attached hydrogens (tertiary/aromatic N) is 2. The number of aliphatic hydroxyl groups excluding tert-OH is 1. The van der Waals surface area contributed by atoms with Gasteiger partial charge in [0.1, 0.15) is 5.75 Å². The summed E-state index contributed by atoms with van der Waals surface area (Å²) in [5.74, 6) is -0.0973. The average molecular weight is 554 g/mol. The minimum atomic E-state index is -2.43. The van der Waals surface area contributed by atoms with Crippen molar-refractivity contribution in [2.75, 3.05) is 25.6 Å². The first-order valence-corrected chi connectivity index (χ1v) is 16.4. The van der Waals surface area contributed by atoms with Gasteiger partial charge in [0, 0.05) is 35.8 Å². The van der Waals surface area contributed by atoms with Crippen molar-refractivity contribution in [3.8, 4) is 5.75 Å². The lowest BCUT2D eigenvalue weighted by molar-refractivity contribution is -0.385. The smallest absolute Gasteiger partial charge is 0.269 e. The third-order valence-electron chi connectivity index (χ3n) is 9.07. The number of non-ortho nitro benzene ring substituents is 1. The van der Waals surface area contributed by atoms with E-state index in [1.165, 1.54) is 12.1 Å². The molecule has 0 radical (unpaired) electrons. The predicted octanol–water partition coefficient (Wildman–Crippen LogP) is 3.14. The number of carbonyl (C=O) groups is 2. The fourth-order valence-corrected chi connectivity index (χ4v) is 11.1. The van der Waals surface area contributed by atoms with Crippen molar-refractivity contribution in [1.29, 1.82) is 0 Å². The fraction of sp³-hybridized carbons (Fsp3) is 0.500. The summed E-state index contributed by atoms with van der Waals surface area (Å²) in [5, 5.41) is 25.4. The third-order valence-corrected chi connectivity index (χ3v) is 13.4. The molecule has 11 heteroatoms. The molecule has 2 N–H and O–H groups in total. The predicted molar refractivity (Wildman–Crippen MR) is 148 cm³/mol. The van der Waals surface area contributed by atoms with E-state index in [4.69, 9.17) is 9.47 Å². The van der Waals surface area contributed by atoms with Gasteiger partial charge in [-0.25, -0.2) is 0 Å². The molecule has 3 aliphatic rings. The van der Waals surface area contributed by atoms with Gasteiger partial charge < -0.3 is 24.8 Å². The van der Waals surface area contributed by atoms with Gasteiger partial charge >= 0.3 is 0 Å². The molecular formula is C28H35N3O7Si. The van der Waals surface area contributed by atoms with Crippen LogP contribution >= 0.6 is 0 Å². The number of carbonyl (C=O) groups excluding carboxylic acids is 2. The minimum absolute atomic E-state index is 0.0668. The molecule has 3 heterocycles. The number of amides is 2. The number of nitrogens with one attached hydrogen (secondary N) is 1. The Kier molecular flexibility index (Phi) is 7.02. The number of nitro benzene ring substituents is 1. The molecule has 2 saturated heterocycles. The van der Waals surface area contributed by atoms with Gasteiger partial charge in [-0.1, -0.05) is 37.3 Å². The number of likely N-dealkylation sites (tertiary alicyclic amines) is 1. The Balaban J connectivity index is 1.59. The lowest BCUT2D eigenvalue weighted by Gasteiger charge is -2.37. The number of aliphatic hydroxyl groups is 1. The highest BCUT2D eigenvalue weighted by molar-refractivity contribution is 6.91. The van der Waals surface area contributed by atoms with Crippen LogP contribution < -0.4 is 15.2 Å². The Labute approximate surface area is 228 Å². The molecule has 1 spiro atoms. The third kappa shape index (κ3) is 4.32. The largest absolute Gasteiger partial charge is 0.497 e. The highest BCUT2D eigenvalue weighted by Crippen LogP contribution is 2.59. The number of hydrogen-bond donors (Lipinski definition) is 2. The van der Waals surface area contributed by atoms with Gasteiger partial charge in [-0.05, 0) is 36.6 Å². The van der Waals surface area contributed by atoms with E-state index in [2.05, 4.69) is 18.4 Å². The van der Waals surface area contributed by atoms with Crippen molar-refractivity contribution in [2.24, 2.45) is 5.92 Å². The molecular weight excluding hydrogens is 518 g/mol. The summed E-state index contributed by atoms with van der Waals surface area (Å²) in [7, 11) is -0.820. The summed E-state index contributed by atoms with van der Waals surface area (Å²) in [5.41, 5.74) is -0.795. The Morgan fingerprint density at radius 1 is 1.28 bits per heavy atom. The Hall–Kier alpha value is -3.28. The maximum absolute atomic E-state index is 13.7. The van der Waals surface area contributed by atoms with Crippen LogP contribution in [0.15, 0.2) is 42.5 Å². The van der Waals surface area contributed by atoms with Crippen LogP contribution in [0.3, 0.4) is 0 Å². The van der Waals surface area contributed by atoms with E-state index < -0.39 is 24.7 Å². The van der Waals surface area contributed by atoms with Crippen LogP contribution in [-0.2, 0) is 19.9 Å². The van der Waals surface area contributed by atoms with Crippen LogP contribution in [0, 0.1) is 16.0 Å². The van der Waals surface area contributed by atoms with Gasteiger partial charge in [0.25, 0.3) is 11.6 Å². The highest BCUT2D eigenvalue weighted by Gasteiger charge is 2.65. The maximum Gasteiger partial charge on any atom is 0.269 e. The summed E-state index contributed by atoms with van der Waals surface area (Å²) in [6.45, 7) is 6.88. The van der Waals surface area contributed by atoms with Gasteiger partial charge in [-0.15, -0.1) is 0 Å². The molecule has 3 aliphatic heterocycles. The Morgan fingerprint density at radius 3 is 2.64 bits per heavy atom. The molecule has 2 fully saturated rings. The average Bonchev–Trinajstić information content (AvgIpc) is 3.59. The van der Waals surface area contributed by atoms with Crippen LogP contribution in [0.4, 0.5) is 11.4 Å². The zero-order valence-corrected chi connectivity index (χ0v) is 23.7. The molecule has 5 rings (SSSR count). The lowest BCUT2D eigenvalue weighted by atomic mass is 9.82. The van der Waals surface area contributed by atoms with Crippen LogP contribution in [0.5, 0.6) is 5.75 Å². The molecule has 5 atom stereocenters. The first-order chi connectivity index (χ1) is 18.5. The molecule has 10 nitrogen and oxygen atoms in total. The summed E-state index contributed by atoms with van der Waals surface area (Å²) in [6.07, 6.45) is 1.06. The number of hydrogen-bond acceptors (Lipinski definition) is 7. The second-order valence-corrected chi connectivity index (χ2v) is 16.1. The van der Waals surface area contributed by atoms with Crippen LogP contribution in [-0.4, -0.2) is 67.2 Å². The zero-order chi connectivity index (χ0) is 28.1. The van der Waals surface area contributed by atoms with Crippen molar-refractivity contribution in [3.05, 3.63) is 58.1 Å². The quantitative estimate of drug-likeness (QED) is 0.306. The molecule has 2 amide bonds. The molecule has 2 aromatic rings. The van der Waals surface area contributed by atoms with Crippen molar-refractivity contribution < 1.29 is 29.1 Å². The van der Waals surface area contributed by atoms with Crippen LogP contribution in [0.2, 0.25) is 18.6 Å². The topological polar surface area (TPSA) is 131 Å². The number of fused-ring (bicyclic) bond motifs is 2. The second kappa shape index (κ2) is 10.0. The summed E-state index contributed by atoms with van der Waals surface area (Å²) in [6, 6.07) is 12.0. The van der Waals surface area contributed by atoms with Gasteiger partial charge in [0.15, 0.2) is 5.60 Å². The van der Waals surface area contributed by atoms with Crippen molar-refractivity contribution >= 4 is 36.4 Å². The number of methoxy groups -OCH3 is 1. The molecule has 39 heavy (non-hydrogen) atoms. The number of nitro groups is 1. The number of rotatable bonds is 7. The molecule has 0 saturated carbocycles. The van der Waals surface area contributed by atoms with Gasteiger partial charge in [-0.3, -0.25) is 19.7 Å². The maximum atomic E-state index is 13.7. The normalized spacial score (nSPS) is 28.0. The first kappa shape index (κ1) is 27.3. The number of ether oxygens (including phenoxy) is 2. The zero-order valence-electron chi connectivity index (χ0n) is 22.7. The van der Waals surface area contributed by atoms with E-state index in [9.17, 15) is 24.8 Å². The van der Waals surface area contributed by atoms with Gasteiger partial charge in [0.05, 0.1) is 45.3 Å². The lowest BCUT2D eigenvalue weighted by Crippen LogP contribution is -2.52. The summed E-state index contributed by atoms with van der Waals surface area (Å²) >= 11 is 0. The Bertz CT molecular complexity index is 1300. The SMILES string of the molecule is COc1ccc([Si](C)(C)[C@H]2[C@H](CC(=O)N3CCC[C@H]3CO)O[C@@]3(C(=O)Nc4ccc([N+](=O)[O-])cc43)[C@@H]2C)cc1. The fourth-order valence-electron chi connectivity index (χ4n) is 7.08. The van der Waals surface area contributed by atoms with Gasteiger partial charge in [-0.2, -0.15) is 0 Å². The molecule has 0 bridgehead atoms. The first-order valence-electron chi connectivity index (χ1n) is 13.4. The minimum Gasteiger partial charge on any atom is -0.497 e. The van der Waals surface area contributed by atoms with Crippen LogP contribution in [0.1, 0.15) is 31.7 Å². The van der Waals surface area contributed by atoms with Gasteiger partial charge in [0.2, 0.25) is 5.91 Å². The summed E-state index contributed by atoms with van der Waals surface area (Å²) in [4.78, 5) is 40.2. The molecule has 0 aliphatic carbocycles. The molecule has 2 aromatic carbocycles. The van der Waals surface area contributed by atoms with E-state index in [0.29, 0.717) is 17.8 Å². The van der Waals surface area contributed by atoms with E-state index in [1.54, 1.807) is 18.1 Å². The number of benzene rings is 2. The molecule has 0 aromatic heterocycles. The number of anilines is 1. The highest BCUT2D eigenvalue weighted by atomic mass is 28.3. The van der Waals surface area contributed by atoms with E-state index in [0.717, 1.165) is 23.8 Å². The molecule has 208 valence electrons. The summed E-state index contributed by atoms with van der Waals surface area (Å²) < 4.78 is 12.1. The second-order valence-electron chi connectivity index (χ2n) is 11.4. The van der Waals surface area contributed by atoms with E-state index in [-0.39, 0.29) is 48.0 Å². The monoisotopic (exact) mass is 553 g/mol. The van der Waals surface area contributed by atoms with Crippen molar-refractivity contribution in [3.63, 3.8) is 0 Å². The van der Waals surface area contributed by atoms with Crippen molar-refractivity contribution in [1.82, 2.24) is 4.90 Å². The Morgan fingerprint density at radius 2 is 2.00 bits per heavy atom.